The van der Waals surface area contributed by atoms with Crippen molar-refractivity contribution >= 4 is 28.8 Å². The van der Waals surface area contributed by atoms with E-state index < -0.39 is 0 Å². The SMILES string of the molecule is O=C(c1csc(CN(CCC(c2ccccc2)c2ccccc2)Cc2cccc(Cl)c2)n1)N1CCOCC1. The zero-order chi connectivity index (χ0) is 26.2. The average Bonchev–Trinajstić information content (AvgIpc) is 3.43. The molecule has 5 rings (SSSR count). The molecule has 196 valence electrons. The number of aromatic nitrogens is 1. The molecule has 0 N–H and O–H groups in total. The minimum absolute atomic E-state index is 0.00888. The van der Waals surface area contributed by atoms with Gasteiger partial charge in [-0.1, -0.05) is 84.4 Å². The number of ether oxygens (including phenoxy) is 1. The number of nitrogens with zero attached hydrogens (tertiary/aromatic N) is 3. The molecular formula is C31H32ClN3O2S. The molecule has 2 heterocycles. The smallest absolute Gasteiger partial charge is 0.273 e. The van der Waals surface area contributed by atoms with Gasteiger partial charge in [-0.3, -0.25) is 9.69 Å². The number of rotatable bonds is 10. The predicted molar refractivity (Wildman–Crippen MR) is 154 cm³/mol. The van der Waals surface area contributed by atoms with Gasteiger partial charge in [-0.2, -0.15) is 0 Å². The van der Waals surface area contributed by atoms with E-state index in [1.165, 1.54) is 11.1 Å². The van der Waals surface area contributed by atoms with Gasteiger partial charge in [-0.05, 0) is 41.8 Å². The number of benzene rings is 3. The Morgan fingerprint density at radius 2 is 1.63 bits per heavy atom. The van der Waals surface area contributed by atoms with Crippen LogP contribution < -0.4 is 0 Å². The Kier molecular flexibility index (Phi) is 9.20. The Hall–Kier alpha value is -3.03. The highest BCUT2D eigenvalue weighted by molar-refractivity contribution is 7.09. The van der Waals surface area contributed by atoms with Crippen molar-refractivity contribution in [2.75, 3.05) is 32.8 Å². The zero-order valence-corrected chi connectivity index (χ0v) is 22.9. The van der Waals surface area contributed by atoms with Crippen LogP contribution in [-0.4, -0.2) is 53.5 Å². The summed E-state index contributed by atoms with van der Waals surface area (Å²) in [6.45, 7) is 4.69. The molecule has 1 amide bonds. The Bertz CT molecular complexity index is 1270. The largest absolute Gasteiger partial charge is 0.378 e. The molecule has 0 unspecified atom stereocenters. The molecule has 0 aliphatic carbocycles. The fourth-order valence-electron chi connectivity index (χ4n) is 4.92. The molecule has 5 nitrogen and oxygen atoms in total. The molecule has 0 atom stereocenters. The second kappa shape index (κ2) is 13.2. The number of carbonyl (C=O) groups excluding carboxylic acids is 1. The summed E-state index contributed by atoms with van der Waals surface area (Å²) in [7, 11) is 0. The van der Waals surface area contributed by atoms with Crippen LogP contribution in [0.1, 0.15) is 44.5 Å². The van der Waals surface area contributed by atoms with Crippen LogP contribution in [0.25, 0.3) is 0 Å². The molecule has 3 aromatic carbocycles. The van der Waals surface area contributed by atoms with Gasteiger partial charge < -0.3 is 9.64 Å². The molecule has 1 aliphatic rings. The highest BCUT2D eigenvalue weighted by Crippen LogP contribution is 2.29. The maximum absolute atomic E-state index is 12.9. The lowest BCUT2D eigenvalue weighted by molar-refractivity contribution is 0.0299. The van der Waals surface area contributed by atoms with Crippen molar-refractivity contribution in [1.82, 2.24) is 14.8 Å². The van der Waals surface area contributed by atoms with Crippen molar-refractivity contribution in [1.29, 1.82) is 0 Å². The monoisotopic (exact) mass is 545 g/mol. The second-order valence-corrected chi connectivity index (χ2v) is 10.9. The second-order valence-electron chi connectivity index (χ2n) is 9.53. The number of morpholine rings is 1. The topological polar surface area (TPSA) is 45.7 Å². The third kappa shape index (κ3) is 7.08. The van der Waals surface area contributed by atoms with E-state index in [0.29, 0.717) is 38.5 Å². The molecule has 0 bridgehead atoms. The summed E-state index contributed by atoms with van der Waals surface area (Å²) in [6, 6.07) is 29.4. The van der Waals surface area contributed by atoms with E-state index in [-0.39, 0.29) is 11.8 Å². The van der Waals surface area contributed by atoms with E-state index in [9.17, 15) is 4.79 Å². The van der Waals surface area contributed by atoms with Crippen LogP contribution in [0.3, 0.4) is 0 Å². The molecule has 0 spiro atoms. The molecule has 0 radical (unpaired) electrons. The van der Waals surface area contributed by atoms with Crippen LogP contribution in [0.15, 0.2) is 90.3 Å². The number of amides is 1. The van der Waals surface area contributed by atoms with Gasteiger partial charge in [0.25, 0.3) is 5.91 Å². The molecule has 1 saturated heterocycles. The van der Waals surface area contributed by atoms with Crippen LogP contribution in [-0.2, 0) is 17.8 Å². The number of carbonyl (C=O) groups is 1. The Morgan fingerprint density at radius 3 is 2.29 bits per heavy atom. The van der Waals surface area contributed by atoms with Gasteiger partial charge in [-0.25, -0.2) is 4.98 Å². The fourth-order valence-corrected chi connectivity index (χ4v) is 5.94. The van der Waals surface area contributed by atoms with Crippen molar-refractivity contribution in [3.05, 3.63) is 123 Å². The third-order valence-electron chi connectivity index (χ3n) is 6.86. The van der Waals surface area contributed by atoms with E-state index >= 15 is 0 Å². The molecule has 4 aromatic rings. The van der Waals surface area contributed by atoms with Gasteiger partial charge in [0.05, 0.1) is 19.8 Å². The number of thiazole rings is 1. The Morgan fingerprint density at radius 1 is 0.947 bits per heavy atom. The first kappa shape index (κ1) is 26.6. The normalized spacial score (nSPS) is 13.8. The molecule has 1 aliphatic heterocycles. The lowest BCUT2D eigenvalue weighted by Crippen LogP contribution is -2.40. The lowest BCUT2D eigenvalue weighted by atomic mass is 9.88. The highest BCUT2D eigenvalue weighted by atomic mass is 35.5. The number of hydrogen-bond acceptors (Lipinski definition) is 5. The Balaban J connectivity index is 1.34. The summed E-state index contributed by atoms with van der Waals surface area (Å²) < 4.78 is 5.39. The van der Waals surface area contributed by atoms with E-state index in [1.807, 2.05) is 28.5 Å². The first-order chi connectivity index (χ1) is 18.7. The molecule has 7 heteroatoms. The predicted octanol–water partition coefficient (Wildman–Crippen LogP) is 6.49. The van der Waals surface area contributed by atoms with Crippen LogP contribution in [0, 0.1) is 0 Å². The van der Waals surface area contributed by atoms with Crippen LogP contribution in [0.2, 0.25) is 5.02 Å². The summed E-state index contributed by atoms with van der Waals surface area (Å²) in [5.41, 5.74) is 4.32. The average molecular weight is 546 g/mol. The molecule has 38 heavy (non-hydrogen) atoms. The lowest BCUT2D eigenvalue weighted by Gasteiger charge is -2.26. The van der Waals surface area contributed by atoms with Crippen molar-refractivity contribution in [3.8, 4) is 0 Å². The first-order valence-corrected chi connectivity index (χ1v) is 14.3. The van der Waals surface area contributed by atoms with Crippen LogP contribution in [0.5, 0.6) is 0 Å². The van der Waals surface area contributed by atoms with Crippen molar-refractivity contribution in [2.24, 2.45) is 0 Å². The first-order valence-electron chi connectivity index (χ1n) is 13.0. The van der Waals surface area contributed by atoms with Crippen LogP contribution >= 0.6 is 22.9 Å². The van der Waals surface area contributed by atoms with Gasteiger partial charge in [0.2, 0.25) is 0 Å². The van der Waals surface area contributed by atoms with Crippen molar-refractivity contribution in [2.45, 2.75) is 25.4 Å². The summed E-state index contributed by atoms with van der Waals surface area (Å²) in [5.74, 6) is 0.277. The Labute approximate surface area is 233 Å². The van der Waals surface area contributed by atoms with Gasteiger partial charge in [-0.15, -0.1) is 11.3 Å². The van der Waals surface area contributed by atoms with Gasteiger partial charge in [0.15, 0.2) is 0 Å². The molecule has 1 fully saturated rings. The number of hydrogen-bond donors (Lipinski definition) is 0. The van der Waals surface area contributed by atoms with Crippen LogP contribution in [0.4, 0.5) is 0 Å². The summed E-state index contributed by atoms with van der Waals surface area (Å²) in [6.07, 6.45) is 0.958. The minimum Gasteiger partial charge on any atom is -0.378 e. The van der Waals surface area contributed by atoms with Gasteiger partial charge >= 0.3 is 0 Å². The summed E-state index contributed by atoms with van der Waals surface area (Å²) >= 11 is 7.86. The summed E-state index contributed by atoms with van der Waals surface area (Å²) in [4.78, 5) is 21.9. The third-order valence-corrected chi connectivity index (χ3v) is 7.93. The minimum atomic E-state index is -0.00888. The van der Waals surface area contributed by atoms with E-state index in [4.69, 9.17) is 21.3 Å². The molecule has 0 saturated carbocycles. The highest BCUT2D eigenvalue weighted by Gasteiger charge is 2.22. The maximum atomic E-state index is 12.9. The molecule has 1 aromatic heterocycles. The standard InChI is InChI=1S/C31H32ClN3O2S/c32-27-13-7-8-24(20-27)21-34(22-30-33-29(23-38-30)31(36)35-16-18-37-19-17-35)15-14-28(25-9-3-1-4-10-25)26-11-5-2-6-12-26/h1-13,20,23,28H,14-19,21-22H2. The van der Waals surface area contributed by atoms with Crippen molar-refractivity contribution in [3.63, 3.8) is 0 Å². The number of halogens is 1. The summed E-state index contributed by atoms with van der Waals surface area (Å²) in [5, 5.41) is 3.57. The van der Waals surface area contributed by atoms with Gasteiger partial charge in [0, 0.05) is 36.0 Å². The van der Waals surface area contributed by atoms with Gasteiger partial charge in [0.1, 0.15) is 10.7 Å². The van der Waals surface area contributed by atoms with E-state index in [0.717, 1.165) is 35.1 Å². The zero-order valence-electron chi connectivity index (χ0n) is 21.3. The van der Waals surface area contributed by atoms with E-state index in [1.54, 1.807) is 11.3 Å². The quantitative estimate of drug-likeness (QED) is 0.228. The molecular weight excluding hydrogens is 514 g/mol. The van der Waals surface area contributed by atoms with Crippen molar-refractivity contribution < 1.29 is 9.53 Å². The fraction of sp³-hybridized carbons (Fsp3) is 0.290. The maximum Gasteiger partial charge on any atom is 0.273 e. The van der Waals surface area contributed by atoms with E-state index in [2.05, 4.69) is 71.6 Å².